The summed E-state index contributed by atoms with van der Waals surface area (Å²) in [6, 6.07) is 11.4. The van der Waals surface area contributed by atoms with E-state index in [0.717, 1.165) is 25.4 Å². The molecule has 1 fully saturated rings. The van der Waals surface area contributed by atoms with Crippen molar-refractivity contribution in [3.63, 3.8) is 0 Å². The number of nitrogens with one attached hydrogen (secondary N) is 1. The van der Waals surface area contributed by atoms with Gasteiger partial charge in [-0.1, -0.05) is 37.3 Å². The first kappa shape index (κ1) is 12.8. The van der Waals surface area contributed by atoms with Gasteiger partial charge in [0.25, 0.3) is 0 Å². The minimum atomic E-state index is 0.736. The summed E-state index contributed by atoms with van der Waals surface area (Å²) < 4.78 is 0. The summed E-state index contributed by atoms with van der Waals surface area (Å²) in [6.45, 7) is 3.13. The Kier molecular flexibility index (Phi) is 3.95. The van der Waals surface area contributed by atoms with Gasteiger partial charge in [0.05, 0.1) is 15.6 Å². The molecule has 1 aliphatic rings. The van der Waals surface area contributed by atoms with Crippen molar-refractivity contribution in [3.05, 3.63) is 41.0 Å². The van der Waals surface area contributed by atoms with E-state index in [1.807, 2.05) is 11.3 Å². The fourth-order valence-electron chi connectivity index (χ4n) is 2.18. The molecule has 1 saturated carbocycles. The van der Waals surface area contributed by atoms with E-state index in [2.05, 4.69) is 42.6 Å². The largest absolute Gasteiger partial charge is 0.308 e. The van der Waals surface area contributed by atoms with Gasteiger partial charge in [0.1, 0.15) is 0 Å². The van der Waals surface area contributed by atoms with E-state index in [1.165, 1.54) is 34.0 Å². The third-order valence-electron chi connectivity index (χ3n) is 3.38. The molecule has 1 aromatic heterocycles. The standard InChI is InChI=1S/C16H20N2S/c1-2-6-15-18-14(11-17-13-9-10-13)16(19-15)12-7-4-3-5-8-12/h3-5,7-8,13,17H,2,6,9-11H2,1H3. The highest BCUT2D eigenvalue weighted by Gasteiger charge is 2.21. The van der Waals surface area contributed by atoms with Crippen molar-refractivity contribution in [1.82, 2.24) is 10.3 Å². The molecule has 3 rings (SSSR count). The molecule has 0 amide bonds. The SMILES string of the molecule is CCCc1nc(CNC2CC2)c(-c2ccccc2)s1. The maximum atomic E-state index is 4.83. The van der Waals surface area contributed by atoms with Crippen LogP contribution in [0, 0.1) is 0 Å². The van der Waals surface area contributed by atoms with Crippen molar-refractivity contribution >= 4 is 11.3 Å². The van der Waals surface area contributed by atoms with E-state index in [1.54, 1.807) is 0 Å². The Morgan fingerprint density at radius 3 is 2.74 bits per heavy atom. The summed E-state index contributed by atoms with van der Waals surface area (Å²) in [5, 5.41) is 4.85. The van der Waals surface area contributed by atoms with E-state index < -0.39 is 0 Å². The van der Waals surface area contributed by atoms with Gasteiger partial charge in [-0.15, -0.1) is 11.3 Å². The molecule has 100 valence electrons. The lowest BCUT2D eigenvalue weighted by Gasteiger charge is -2.03. The van der Waals surface area contributed by atoms with Crippen LogP contribution in [-0.4, -0.2) is 11.0 Å². The van der Waals surface area contributed by atoms with Crippen molar-refractivity contribution in [2.75, 3.05) is 0 Å². The molecule has 0 atom stereocenters. The molecule has 19 heavy (non-hydrogen) atoms. The fraction of sp³-hybridized carbons (Fsp3) is 0.438. The second-order valence-electron chi connectivity index (χ2n) is 5.15. The Balaban J connectivity index is 1.86. The lowest BCUT2D eigenvalue weighted by Crippen LogP contribution is -2.16. The van der Waals surface area contributed by atoms with Crippen molar-refractivity contribution in [1.29, 1.82) is 0 Å². The number of aromatic nitrogens is 1. The molecule has 0 spiro atoms. The van der Waals surface area contributed by atoms with Gasteiger partial charge in [0.2, 0.25) is 0 Å². The van der Waals surface area contributed by atoms with Crippen LogP contribution in [0.15, 0.2) is 30.3 Å². The monoisotopic (exact) mass is 272 g/mol. The van der Waals surface area contributed by atoms with E-state index >= 15 is 0 Å². The highest BCUT2D eigenvalue weighted by atomic mass is 32.1. The zero-order valence-electron chi connectivity index (χ0n) is 11.4. The number of hydrogen-bond acceptors (Lipinski definition) is 3. The molecular formula is C16H20N2S. The highest BCUT2D eigenvalue weighted by Crippen LogP contribution is 2.31. The maximum absolute atomic E-state index is 4.83. The minimum absolute atomic E-state index is 0.736. The predicted molar refractivity (Wildman–Crippen MR) is 81.4 cm³/mol. The predicted octanol–water partition coefficient (Wildman–Crippen LogP) is 4.01. The Morgan fingerprint density at radius 2 is 2.05 bits per heavy atom. The molecule has 1 heterocycles. The quantitative estimate of drug-likeness (QED) is 0.859. The summed E-state index contributed by atoms with van der Waals surface area (Å²) in [4.78, 5) is 6.18. The fourth-order valence-corrected chi connectivity index (χ4v) is 3.37. The van der Waals surface area contributed by atoms with E-state index in [-0.39, 0.29) is 0 Å². The third kappa shape index (κ3) is 3.23. The van der Waals surface area contributed by atoms with Gasteiger partial charge in [0.15, 0.2) is 0 Å². The van der Waals surface area contributed by atoms with Gasteiger partial charge in [-0.3, -0.25) is 0 Å². The van der Waals surface area contributed by atoms with Gasteiger partial charge in [-0.25, -0.2) is 4.98 Å². The van der Waals surface area contributed by atoms with Crippen LogP contribution in [0.3, 0.4) is 0 Å². The first-order valence-electron chi connectivity index (χ1n) is 7.14. The molecule has 1 aromatic carbocycles. The molecule has 1 N–H and O–H groups in total. The number of aryl methyl sites for hydroxylation is 1. The lowest BCUT2D eigenvalue weighted by atomic mass is 10.1. The van der Waals surface area contributed by atoms with Crippen LogP contribution in [0.5, 0.6) is 0 Å². The van der Waals surface area contributed by atoms with Crippen LogP contribution >= 0.6 is 11.3 Å². The third-order valence-corrected chi connectivity index (χ3v) is 4.58. The number of nitrogens with zero attached hydrogens (tertiary/aromatic N) is 1. The molecule has 0 aliphatic heterocycles. The molecule has 2 aromatic rings. The van der Waals surface area contributed by atoms with Crippen molar-refractivity contribution in [3.8, 4) is 10.4 Å². The average molecular weight is 272 g/mol. The summed E-state index contributed by atoms with van der Waals surface area (Å²) in [5.41, 5.74) is 2.53. The molecule has 0 unspecified atom stereocenters. The second kappa shape index (κ2) is 5.85. The Labute approximate surface area is 118 Å². The van der Waals surface area contributed by atoms with Crippen molar-refractivity contribution < 1.29 is 0 Å². The zero-order chi connectivity index (χ0) is 13.1. The van der Waals surface area contributed by atoms with E-state index in [9.17, 15) is 0 Å². The van der Waals surface area contributed by atoms with Crippen molar-refractivity contribution in [2.24, 2.45) is 0 Å². The minimum Gasteiger partial charge on any atom is -0.308 e. The highest BCUT2D eigenvalue weighted by molar-refractivity contribution is 7.15. The number of benzene rings is 1. The normalized spacial score (nSPS) is 14.8. The molecule has 0 saturated heterocycles. The Hall–Kier alpha value is -1.19. The van der Waals surface area contributed by atoms with Crippen LogP contribution in [-0.2, 0) is 13.0 Å². The van der Waals surface area contributed by atoms with Gasteiger partial charge >= 0.3 is 0 Å². The molecule has 0 radical (unpaired) electrons. The van der Waals surface area contributed by atoms with Crippen LogP contribution in [0.1, 0.15) is 36.9 Å². The maximum Gasteiger partial charge on any atom is 0.0935 e. The number of rotatable bonds is 6. The number of hydrogen-bond donors (Lipinski definition) is 1. The first-order valence-corrected chi connectivity index (χ1v) is 7.96. The van der Waals surface area contributed by atoms with Crippen LogP contribution in [0.25, 0.3) is 10.4 Å². The second-order valence-corrected chi connectivity index (χ2v) is 6.24. The smallest absolute Gasteiger partial charge is 0.0935 e. The molecule has 2 nitrogen and oxygen atoms in total. The van der Waals surface area contributed by atoms with Crippen molar-refractivity contribution in [2.45, 2.75) is 45.2 Å². The van der Waals surface area contributed by atoms with Gasteiger partial charge in [0, 0.05) is 12.6 Å². The topological polar surface area (TPSA) is 24.9 Å². The summed E-state index contributed by atoms with van der Waals surface area (Å²) in [5.74, 6) is 0. The zero-order valence-corrected chi connectivity index (χ0v) is 12.2. The molecular weight excluding hydrogens is 252 g/mol. The van der Waals surface area contributed by atoms with Crippen LogP contribution < -0.4 is 5.32 Å². The first-order chi connectivity index (χ1) is 9.36. The molecule has 1 aliphatic carbocycles. The summed E-state index contributed by atoms with van der Waals surface area (Å²) >= 11 is 1.86. The molecule has 3 heteroatoms. The van der Waals surface area contributed by atoms with Crippen LogP contribution in [0.4, 0.5) is 0 Å². The summed E-state index contributed by atoms with van der Waals surface area (Å²) in [7, 11) is 0. The van der Waals surface area contributed by atoms with Crippen LogP contribution in [0.2, 0.25) is 0 Å². The summed E-state index contributed by atoms with van der Waals surface area (Å²) in [6.07, 6.45) is 4.91. The Morgan fingerprint density at radius 1 is 1.26 bits per heavy atom. The van der Waals surface area contributed by atoms with Gasteiger partial charge < -0.3 is 5.32 Å². The van der Waals surface area contributed by atoms with Gasteiger partial charge in [-0.05, 0) is 31.2 Å². The Bertz CT molecular complexity index is 529. The van der Waals surface area contributed by atoms with E-state index in [0.29, 0.717) is 0 Å². The van der Waals surface area contributed by atoms with E-state index in [4.69, 9.17) is 4.98 Å². The number of thiazole rings is 1. The van der Waals surface area contributed by atoms with Gasteiger partial charge in [-0.2, -0.15) is 0 Å². The lowest BCUT2D eigenvalue weighted by molar-refractivity contribution is 0.676. The molecule has 0 bridgehead atoms. The average Bonchev–Trinajstić information content (AvgIpc) is 3.19.